The Morgan fingerprint density at radius 1 is 0.800 bits per heavy atom. The monoisotopic (exact) mass is 404 g/mol. The van der Waals surface area contributed by atoms with Crippen LogP contribution in [0.5, 0.6) is 0 Å². The predicted molar refractivity (Wildman–Crippen MR) is 129 cm³/mol. The van der Waals surface area contributed by atoms with Gasteiger partial charge in [0, 0.05) is 11.0 Å². The second-order valence-corrected chi connectivity index (χ2v) is 11.1. The minimum atomic E-state index is 0.334. The molecule has 1 aromatic rings. The second kappa shape index (κ2) is 9.94. The maximum atomic E-state index is 3.80. The van der Waals surface area contributed by atoms with Gasteiger partial charge < -0.3 is 0 Å². The summed E-state index contributed by atoms with van der Waals surface area (Å²) in [5.41, 5.74) is 3.73. The van der Waals surface area contributed by atoms with E-state index in [0.717, 1.165) is 11.8 Å². The molecule has 4 fully saturated rings. The molecule has 4 saturated carbocycles. The lowest BCUT2D eigenvalue weighted by Gasteiger charge is -2.56. The summed E-state index contributed by atoms with van der Waals surface area (Å²) in [6.07, 6.45) is 22.6. The highest BCUT2D eigenvalue weighted by Gasteiger charge is 2.51. The molecule has 0 nitrogen and oxygen atoms in total. The van der Waals surface area contributed by atoms with Gasteiger partial charge in [-0.3, -0.25) is 0 Å². The minimum Gasteiger partial charge on any atom is -0.0911 e. The van der Waals surface area contributed by atoms with Gasteiger partial charge in [0.15, 0.2) is 0 Å². The van der Waals surface area contributed by atoms with Gasteiger partial charge in [0.05, 0.1) is 0 Å². The quantitative estimate of drug-likeness (QED) is 0.315. The van der Waals surface area contributed by atoms with E-state index >= 15 is 0 Å². The number of hydrogen-bond donors (Lipinski definition) is 0. The molecule has 30 heavy (non-hydrogen) atoms. The van der Waals surface area contributed by atoms with Crippen LogP contribution in [0.1, 0.15) is 121 Å². The van der Waals surface area contributed by atoms with Crippen molar-refractivity contribution in [1.82, 2.24) is 0 Å². The van der Waals surface area contributed by atoms with Gasteiger partial charge in [-0.15, -0.1) is 0 Å². The number of hydrogen-bond acceptors (Lipinski definition) is 0. The molecule has 0 atom stereocenters. The normalized spacial score (nSPS) is 33.1. The van der Waals surface area contributed by atoms with E-state index in [1.54, 1.807) is 0 Å². The third kappa shape index (κ3) is 4.98. The van der Waals surface area contributed by atoms with E-state index in [-0.39, 0.29) is 0 Å². The fourth-order valence-electron chi connectivity index (χ4n) is 7.02. The van der Waals surface area contributed by atoms with Crippen molar-refractivity contribution in [3.63, 3.8) is 0 Å². The molecular formula is C30H44. The van der Waals surface area contributed by atoms with E-state index in [0.29, 0.717) is 10.8 Å². The van der Waals surface area contributed by atoms with Crippen LogP contribution in [-0.4, -0.2) is 0 Å². The first kappa shape index (κ1) is 22.0. The standard InChI is InChI=1S/C30H44/c1-3-5-6-8-26-9-11-27(12-10-26)17-18-29-19-22-30(23-20-29,24-21-29)28-15-13-25(7-4-2)14-16-28/h9-12,25,28H,3-8,13-16,19-24H2,1-2H3/t25-,28-,29?,30?. The lowest BCUT2D eigenvalue weighted by atomic mass is 9.48. The van der Waals surface area contributed by atoms with E-state index in [1.165, 1.54) is 114 Å². The Bertz CT molecular complexity index is 695. The second-order valence-electron chi connectivity index (χ2n) is 11.1. The SMILES string of the molecule is CCCCCc1ccc(C#CC23CCC([C@H]4CC[C@H](CCC)CC4)(CC2)CC3)cc1. The maximum absolute atomic E-state index is 3.80. The molecular weight excluding hydrogens is 360 g/mol. The summed E-state index contributed by atoms with van der Waals surface area (Å²) in [4.78, 5) is 0. The molecule has 0 radical (unpaired) electrons. The summed E-state index contributed by atoms with van der Waals surface area (Å²) in [6.45, 7) is 4.63. The zero-order valence-corrected chi connectivity index (χ0v) is 19.8. The molecule has 4 aliphatic rings. The first-order valence-corrected chi connectivity index (χ1v) is 13.3. The van der Waals surface area contributed by atoms with Gasteiger partial charge in [-0.05, 0) is 99.2 Å². The van der Waals surface area contributed by atoms with Crippen LogP contribution < -0.4 is 0 Å². The van der Waals surface area contributed by atoms with Crippen LogP contribution in [0.3, 0.4) is 0 Å². The van der Waals surface area contributed by atoms with Crippen LogP contribution in [0.15, 0.2) is 24.3 Å². The van der Waals surface area contributed by atoms with E-state index < -0.39 is 0 Å². The Morgan fingerprint density at radius 2 is 1.47 bits per heavy atom. The Morgan fingerprint density at radius 3 is 2.07 bits per heavy atom. The Kier molecular flexibility index (Phi) is 7.28. The maximum Gasteiger partial charge on any atom is 0.0319 e. The number of aryl methyl sites for hydroxylation is 1. The van der Waals surface area contributed by atoms with Crippen molar-refractivity contribution < 1.29 is 0 Å². The highest BCUT2D eigenvalue weighted by Crippen LogP contribution is 2.62. The first-order valence-electron chi connectivity index (χ1n) is 13.3. The van der Waals surface area contributed by atoms with Crippen LogP contribution in [-0.2, 0) is 6.42 Å². The van der Waals surface area contributed by atoms with E-state index in [2.05, 4.69) is 50.0 Å². The number of rotatable bonds is 7. The molecule has 5 rings (SSSR count). The van der Waals surface area contributed by atoms with Crippen molar-refractivity contribution in [2.45, 2.75) is 117 Å². The van der Waals surface area contributed by atoms with Crippen molar-refractivity contribution >= 4 is 0 Å². The predicted octanol–water partition coefficient (Wildman–Crippen LogP) is 8.72. The zero-order valence-electron chi connectivity index (χ0n) is 19.8. The van der Waals surface area contributed by atoms with Gasteiger partial charge in [0.2, 0.25) is 0 Å². The average molecular weight is 405 g/mol. The molecule has 0 N–H and O–H groups in total. The van der Waals surface area contributed by atoms with E-state index in [9.17, 15) is 0 Å². The summed E-state index contributed by atoms with van der Waals surface area (Å²) in [5, 5.41) is 0. The Labute approximate surface area is 186 Å². The highest BCUT2D eigenvalue weighted by molar-refractivity contribution is 5.38. The zero-order chi connectivity index (χ0) is 20.9. The van der Waals surface area contributed by atoms with E-state index in [1.807, 2.05) is 0 Å². The topological polar surface area (TPSA) is 0 Å². The fraction of sp³-hybridized carbons (Fsp3) is 0.733. The molecule has 0 unspecified atom stereocenters. The first-order chi connectivity index (χ1) is 14.7. The summed E-state index contributed by atoms with van der Waals surface area (Å²) in [5.74, 6) is 9.46. The molecule has 0 saturated heterocycles. The van der Waals surface area contributed by atoms with Crippen LogP contribution in [0.25, 0.3) is 0 Å². The molecule has 0 spiro atoms. The molecule has 0 aliphatic heterocycles. The molecule has 2 bridgehead atoms. The number of benzene rings is 1. The van der Waals surface area contributed by atoms with Crippen LogP contribution in [0.2, 0.25) is 0 Å². The lowest BCUT2D eigenvalue weighted by Crippen LogP contribution is -2.45. The molecule has 1 aromatic carbocycles. The Balaban J connectivity index is 1.32. The minimum absolute atomic E-state index is 0.334. The summed E-state index contributed by atoms with van der Waals surface area (Å²) in [7, 11) is 0. The molecule has 0 aromatic heterocycles. The summed E-state index contributed by atoms with van der Waals surface area (Å²) < 4.78 is 0. The van der Waals surface area contributed by atoms with Crippen LogP contribution in [0.4, 0.5) is 0 Å². The van der Waals surface area contributed by atoms with Crippen molar-refractivity contribution in [2.24, 2.45) is 22.7 Å². The van der Waals surface area contributed by atoms with Gasteiger partial charge in [0.1, 0.15) is 0 Å². The van der Waals surface area contributed by atoms with Gasteiger partial charge in [-0.2, -0.15) is 0 Å². The van der Waals surface area contributed by atoms with Crippen LogP contribution >= 0.6 is 0 Å². The lowest BCUT2D eigenvalue weighted by molar-refractivity contribution is -0.0378. The molecule has 0 heterocycles. The molecule has 0 heteroatoms. The summed E-state index contributed by atoms with van der Waals surface area (Å²) >= 11 is 0. The van der Waals surface area contributed by atoms with Gasteiger partial charge >= 0.3 is 0 Å². The average Bonchev–Trinajstić information content (AvgIpc) is 2.81. The Hall–Kier alpha value is -1.22. The van der Waals surface area contributed by atoms with Crippen LogP contribution in [0, 0.1) is 34.5 Å². The highest BCUT2D eigenvalue weighted by atomic mass is 14.6. The van der Waals surface area contributed by atoms with E-state index in [4.69, 9.17) is 0 Å². The van der Waals surface area contributed by atoms with Crippen molar-refractivity contribution in [3.8, 4) is 11.8 Å². The van der Waals surface area contributed by atoms with Gasteiger partial charge in [-0.25, -0.2) is 0 Å². The van der Waals surface area contributed by atoms with Crippen molar-refractivity contribution in [1.29, 1.82) is 0 Å². The van der Waals surface area contributed by atoms with Gasteiger partial charge in [0.25, 0.3) is 0 Å². The number of unbranched alkanes of at least 4 members (excludes halogenated alkanes) is 2. The third-order valence-electron chi connectivity index (χ3n) is 9.21. The smallest absolute Gasteiger partial charge is 0.0319 e. The summed E-state index contributed by atoms with van der Waals surface area (Å²) in [6, 6.07) is 9.13. The molecule has 164 valence electrons. The van der Waals surface area contributed by atoms with Crippen molar-refractivity contribution in [3.05, 3.63) is 35.4 Å². The number of fused-ring (bicyclic) bond motifs is 3. The third-order valence-corrected chi connectivity index (χ3v) is 9.21. The molecule has 0 amide bonds. The fourth-order valence-corrected chi connectivity index (χ4v) is 7.02. The van der Waals surface area contributed by atoms with Crippen molar-refractivity contribution in [2.75, 3.05) is 0 Å². The van der Waals surface area contributed by atoms with Gasteiger partial charge in [-0.1, -0.05) is 76.3 Å². The largest absolute Gasteiger partial charge is 0.0911 e. The molecule has 4 aliphatic carbocycles.